The summed E-state index contributed by atoms with van der Waals surface area (Å²) in [5.41, 5.74) is 2.04. The van der Waals surface area contributed by atoms with Crippen LogP contribution in [0.25, 0.3) is 0 Å². The minimum absolute atomic E-state index is 0.128. The third-order valence-electron chi connectivity index (χ3n) is 1.93. The summed E-state index contributed by atoms with van der Waals surface area (Å²) in [6.45, 7) is 1.94. The van der Waals surface area contributed by atoms with Crippen LogP contribution in [-0.4, -0.2) is 17.4 Å². The highest BCUT2D eigenvalue weighted by molar-refractivity contribution is 8.17. The number of hydrogen-bond donors (Lipinski definition) is 0. The molecule has 0 spiro atoms. The third-order valence-corrected chi connectivity index (χ3v) is 3.88. The van der Waals surface area contributed by atoms with Crippen LogP contribution in [-0.2, 0) is 0 Å². The molecule has 1 aromatic carbocycles. The van der Waals surface area contributed by atoms with Crippen LogP contribution in [0.2, 0.25) is 0 Å². The molecule has 0 heterocycles. The second-order valence-corrected chi connectivity index (χ2v) is 4.54. The molecule has 0 aliphatic carbocycles. The fourth-order valence-electron chi connectivity index (χ4n) is 1.18. The molecule has 82 valence electrons. The summed E-state index contributed by atoms with van der Waals surface area (Å²) in [4.78, 5) is 10.3. The zero-order chi connectivity index (χ0) is 11.4. The largest absolute Gasteiger partial charge is 0.271 e. The molecular formula is C9H12N2O2S2. The number of hydrogen-bond acceptors (Lipinski definition) is 5. The molecule has 0 fully saturated rings. The summed E-state index contributed by atoms with van der Waals surface area (Å²) in [5, 5.41) is 10.6. The monoisotopic (exact) mass is 244 g/mol. The molecule has 0 saturated carbocycles. The molecule has 4 nitrogen and oxygen atoms in total. The number of non-ortho nitro benzene ring substituents is 1. The van der Waals surface area contributed by atoms with Gasteiger partial charge in [-0.15, -0.1) is 0 Å². The highest BCUT2D eigenvalue weighted by Crippen LogP contribution is 2.33. The Labute approximate surface area is 97.5 Å². The first-order valence-corrected chi connectivity index (χ1v) is 6.60. The molecule has 0 amide bonds. The standard InChI is InChI=1S/C9H12N2O2S2/c1-7-4-5-8(10(12)13)6-9(7)11(14-2)15-3/h4-6H,1-3H3. The molecular weight excluding hydrogens is 232 g/mol. The summed E-state index contributed by atoms with van der Waals surface area (Å²) >= 11 is 3.06. The van der Waals surface area contributed by atoms with Gasteiger partial charge in [0.1, 0.15) is 0 Å². The molecule has 1 rings (SSSR count). The smallest absolute Gasteiger partial charge is 0.259 e. The predicted molar refractivity (Wildman–Crippen MR) is 67.3 cm³/mol. The average molecular weight is 244 g/mol. The van der Waals surface area contributed by atoms with E-state index < -0.39 is 0 Å². The molecule has 0 bridgehead atoms. The summed E-state index contributed by atoms with van der Waals surface area (Å²) in [5.74, 6) is 0. The first-order chi connectivity index (χ1) is 7.10. The molecule has 0 N–H and O–H groups in total. The maximum Gasteiger partial charge on any atom is 0.271 e. The fourth-order valence-corrected chi connectivity index (χ4v) is 2.56. The van der Waals surface area contributed by atoms with E-state index in [1.54, 1.807) is 12.1 Å². The second-order valence-electron chi connectivity index (χ2n) is 2.85. The van der Waals surface area contributed by atoms with E-state index in [1.165, 1.54) is 30.0 Å². The third kappa shape index (κ3) is 2.79. The van der Waals surface area contributed by atoms with E-state index in [2.05, 4.69) is 0 Å². The van der Waals surface area contributed by atoms with Crippen molar-refractivity contribution in [3.63, 3.8) is 0 Å². The van der Waals surface area contributed by atoms with E-state index in [0.717, 1.165) is 11.3 Å². The van der Waals surface area contributed by atoms with E-state index in [0.29, 0.717) is 0 Å². The van der Waals surface area contributed by atoms with Crippen molar-refractivity contribution in [3.05, 3.63) is 33.9 Å². The highest BCUT2D eigenvalue weighted by atomic mass is 32.2. The number of anilines is 1. The van der Waals surface area contributed by atoms with Crippen molar-refractivity contribution in [2.24, 2.45) is 0 Å². The molecule has 0 aliphatic rings. The lowest BCUT2D eigenvalue weighted by molar-refractivity contribution is -0.384. The molecule has 6 heteroatoms. The van der Waals surface area contributed by atoms with Gasteiger partial charge in [0.15, 0.2) is 0 Å². The highest BCUT2D eigenvalue weighted by Gasteiger charge is 2.13. The Kier molecular flexibility index (Phi) is 4.28. The second kappa shape index (κ2) is 5.27. The Balaban J connectivity index is 3.15. The Hall–Kier alpha value is -0.880. The number of nitrogens with zero attached hydrogens (tertiary/aromatic N) is 2. The van der Waals surface area contributed by atoms with Crippen molar-refractivity contribution in [2.45, 2.75) is 6.92 Å². The van der Waals surface area contributed by atoms with Gasteiger partial charge in [0.05, 0.1) is 10.6 Å². The van der Waals surface area contributed by atoms with E-state index in [-0.39, 0.29) is 10.6 Å². The van der Waals surface area contributed by atoms with Crippen molar-refractivity contribution >= 4 is 35.3 Å². The van der Waals surface area contributed by atoms with Gasteiger partial charge in [-0.1, -0.05) is 6.07 Å². The number of nitro benzene ring substituents is 1. The molecule has 0 atom stereocenters. The van der Waals surface area contributed by atoms with Crippen molar-refractivity contribution in [1.82, 2.24) is 0 Å². The van der Waals surface area contributed by atoms with Crippen LogP contribution in [0.3, 0.4) is 0 Å². The first-order valence-electron chi connectivity index (χ1n) is 4.23. The maximum atomic E-state index is 10.6. The van der Waals surface area contributed by atoms with Gasteiger partial charge in [-0.3, -0.25) is 13.8 Å². The van der Waals surface area contributed by atoms with E-state index in [9.17, 15) is 10.1 Å². The van der Waals surface area contributed by atoms with E-state index in [4.69, 9.17) is 0 Å². The topological polar surface area (TPSA) is 46.4 Å². The van der Waals surface area contributed by atoms with Gasteiger partial charge in [-0.2, -0.15) is 0 Å². The van der Waals surface area contributed by atoms with Crippen molar-refractivity contribution in [3.8, 4) is 0 Å². The molecule has 15 heavy (non-hydrogen) atoms. The van der Waals surface area contributed by atoms with Crippen LogP contribution < -0.4 is 3.71 Å². The van der Waals surface area contributed by atoms with Gasteiger partial charge in [-0.05, 0) is 36.4 Å². The summed E-state index contributed by atoms with van der Waals surface area (Å²) < 4.78 is 1.95. The van der Waals surface area contributed by atoms with E-state index >= 15 is 0 Å². The molecule has 0 unspecified atom stereocenters. The number of rotatable bonds is 4. The Morgan fingerprint density at radius 3 is 2.40 bits per heavy atom. The van der Waals surface area contributed by atoms with Gasteiger partial charge in [-0.25, -0.2) is 0 Å². The zero-order valence-corrected chi connectivity index (χ0v) is 10.4. The number of nitro groups is 1. The minimum atomic E-state index is -0.373. The molecule has 0 aromatic heterocycles. The molecule has 1 aromatic rings. The normalized spacial score (nSPS) is 10.1. The van der Waals surface area contributed by atoms with Crippen LogP contribution in [0.5, 0.6) is 0 Å². The van der Waals surface area contributed by atoms with Crippen LogP contribution >= 0.6 is 23.9 Å². The number of aryl methyl sites for hydroxylation is 1. The summed E-state index contributed by atoms with van der Waals surface area (Å²) in [6.07, 6.45) is 3.88. The lowest BCUT2D eigenvalue weighted by atomic mass is 10.2. The Morgan fingerprint density at radius 2 is 1.93 bits per heavy atom. The van der Waals surface area contributed by atoms with Crippen molar-refractivity contribution < 1.29 is 4.92 Å². The summed E-state index contributed by atoms with van der Waals surface area (Å²) in [6, 6.07) is 4.90. The average Bonchev–Trinajstić information content (AvgIpc) is 2.22. The zero-order valence-electron chi connectivity index (χ0n) is 8.76. The molecule has 0 aliphatic heterocycles. The van der Waals surface area contributed by atoms with Gasteiger partial charge < -0.3 is 0 Å². The van der Waals surface area contributed by atoms with Gasteiger partial charge in [0.25, 0.3) is 5.69 Å². The van der Waals surface area contributed by atoms with Crippen molar-refractivity contribution in [2.75, 3.05) is 16.2 Å². The Morgan fingerprint density at radius 1 is 1.33 bits per heavy atom. The first kappa shape index (κ1) is 12.2. The van der Waals surface area contributed by atoms with Crippen LogP contribution in [0.1, 0.15) is 5.56 Å². The minimum Gasteiger partial charge on any atom is -0.259 e. The fraction of sp³-hybridized carbons (Fsp3) is 0.333. The van der Waals surface area contributed by atoms with Gasteiger partial charge >= 0.3 is 0 Å². The number of benzene rings is 1. The maximum absolute atomic E-state index is 10.6. The molecule has 0 saturated heterocycles. The van der Waals surface area contributed by atoms with Crippen LogP contribution in [0.4, 0.5) is 11.4 Å². The van der Waals surface area contributed by atoms with E-state index in [1.807, 2.05) is 23.1 Å². The van der Waals surface area contributed by atoms with Crippen LogP contribution in [0, 0.1) is 17.0 Å². The van der Waals surface area contributed by atoms with Crippen molar-refractivity contribution in [1.29, 1.82) is 0 Å². The SMILES string of the molecule is CSN(SC)c1cc([N+](=O)[O-])ccc1C. The van der Waals surface area contributed by atoms with Gasteiger partial charge in [0.2, 0.25) is 0 Å². The summed E-state index contributed by atoms with van der Waals surface area (Å²) in [7, 11) is 0. The van der Waals surface area contributed by atoms with Gasteiger partial charge in [0, 0.05) is 24.6 Å². The Bertz CT molecular complexity index is 367. The molecule has 0 radical (unpaired) electrons. The quantitative estimate of drug-likeness (QED) is 0.462. The lowest BCUT2D eigenvalue weighted by Crippen LogP contribution is -2.04. The van der Waals surface area contributed by atoms with Crippen LogP contribution in [0.15, 0.2) is 18.2 Å². The predicted octanol–water partition coefficient (Wildman–Crippen LogP) is 3.27. The lowest BCUT2D eigenvalue weighted by Gasteiger charge is -2.19.